The van der Waals surface area contributed by atoms with Crippen LogP contribution in [0.4, 0.5) is 0 Å². The third-order valence-electron chi connectivity index (χ3n) is 6.66. The highest BCUT2D eigenvalue weighted by Gasteiger charge is 2.33. The Morgan fingerprint density at radius 3 is 2.04 bits per heavy atom. The fourth-order valence-corrected chi connectivity index (χ4v) is 4.94. The summed E-state index contributed by atoms with van der Waals surface area (Å²) in [5, 5.41) is 0. The maximum absolute atomic E-state index is 12.3. The molecule has 0 atom stereocenters. The predicted molar refractivity (Wildman–Crippen MR) is 111 cm³/mol. The quantitative estimate of drug-likeness (QED) is 0.180. The summed E-state index contributed by atoms with van der Waals surface area (Å²) in [6.07, 6.45) is 16.3. The molecule has 2 aliphatic rings. The van der Waals surface area contributed by atoms with E-state index >= 15 is 0 Å². The highest BCUT2D eigenvalue weighted by atomic mass is 16.5. The topological polar surface area (TPSA) is 35.5 Å². The van der Waals surface area contributed by atoms with Crippen LogP contribution in [-0.2, 0) is 14.3 Å². The van der Waals surface area contributed by atoms with Crippen molar-refractivity contribution in [3.05, 3.63) is 25.0 Å². The van der Waals surface area contributed by atoms with Crippen molar-refractivity contribution in [3.63, 3.8) is 0 Å². The molecule has 0 amide bonds. The van der Waals surface area contributed by atoms with E-state index in [0.29, 0.717) is 19.0 Å². The summed E-state index contributed by atoms with van der Waals surface area (Å²) < 4.78 is 10.9. The molecule has 2 aliphatic carbocycles. The van der Waals surface area contributed by atoms with Gasteiger partial charge in [0, 0.05) is 0 Å². The maximum atomic E-state index is 12.3. The molecule has 0 spiro atoms. The van der Waals surface area contributed by atoms with Crippen molar-refractivity contribution in [2.75, 3.05) is 13.2 Å². The zero-order valence-corrected chi connectivity index (χ0v) is 17.4. The molecule has 0 N–H and O–H groups in total. The normalized spacial score (nSPS) is 28.3. The number of carbonyl (C=O) groups excluding carboxylic acids is 1. The van der Waals surface area contributed by atoms with E-state index in [1.165, 1.54) is 51.4 Å². The van der Waals surface area contributed by atoms with Crippen LogP contribution >= 0.6 is 0 Å². The van der Waals surface area contributed by atoms with E-state index < -0.39 is 0 Å². The fraction of sp³-hybridized carbons (Fsp3) is 0.792. The lowest BCUT2D eigenvalue weighted by Crippen LogP contribution is -2.29. The van der Waals surface area contributed by atoms with Gasteiger partial charge < -0.3 is 9.47 Å². The van der Waals surface area contributed by atoms with Crippen molar-refractivity contribution < 1.29 is 14.3 Å². The summed E-state index contributed by atoms with van der Waals surface area (Å²) in [5.41, 5.74) is 0. The monoisotopic (exact) mass is 376 g/mol. The molecule has 0 saturated heterocycles. The number of esters is 1. The molecule has 0 radical (unpaired) electrons. The van der Waals surface area contributed by atoms with Gasteiger partial charge in [0.05, 0.1) is 19.1 Å². The Bertz CT molecular complexity index is 454. The van der Waals surface area contributed by atoms with E-state index in [9.17, 15) is 4.79 Å². The molecule has 0 unspecified atom stereocenters. The number of hydrogen-bond acceptors (Lipinski definition) is 3. The van der Waals surface area contributed by atoms with Gasteiger partial charge in [-0.25, -0.2) is 0 Å². The van der Waals surface area contributed by atoms with Gasteiger partial charge in [-0.3, -0.25) is 4.79 Å². The van der Waals surface area contributed by atoms with Crippen LogP contribution in [0.15, 0.2) is 25.0 Å². The molecule has 3 nitrogen and oxygen atoms in total. The number of allylic oxidation sites excluding steroid dienone is 1. The van der Waals surface area contributed by atoms with E-state index in [1.807, 2.05) is 0 Å². The van der Waals surface area contributed by atoms with Gasteiger partial charge in [-0.2, -0.15) is 0 Å². The highest BCUT2D eigenvalue weighted by molar-refractivity contribution is 5.72. The average Bonchev–Trinajstić information content (AvgIpc) is 2.71. The van der Waals surface area contributed by atoms with Crippen molar-refractivity contribution in [3.8, 4) is 0 Å². The van der Waals surface area contributed by atoms with Crippen LogP contribution < -0.4 is 0 Å². The Balaban J connectivity index is 1.55. The molecule has 2 fully saturated rings. The molecule has 0 aromatic carbocycles. The SMILES string of the molecule is C=CC(=C)OCCCCOC(=O)C1CCC(C2CCC(CCC)CC2)CC1. The second-order valence-corrected chi connectivity index (χ2v) is 8.57. The molecule has 154 valence electrons. The first-order valence-corrected chi connectivity index (χ1v) is 11.2. The van der Waals surface area contributed by atoms with E-state index in [-0.39, 0.29) is 11.9 Å². The third kappa shape index (κ3) is 7.71. The average molecular weight is 377 g/mol. The van der Waals surface area contributed by atoms with Gasteiger partial charge in [0.1, 0.15) is 5.76 Å². The lowest BCUT2D eigenvalue weighted by molar-refractivity contribution is -0.150. The summed E-state index contributed by atoms with van der Waals surface area (Å²) in [6.45, 7) is 10.7. The van der Waals surface area contributed by atoms with Gasteiger partial charge in [0.15, 0.2) is 0 Å². The first kappa shape index (κ1) is 22.0. The van der Waals surface area contributed by atoms with Crippen LogP contribution in [0.5, 0.6) is 0 Å². The van der Waals surface area contributed by atoms with Gasteiger partial charge in [-0.15, -0.1) is 0 Å². The van der Waals surface area contributed by atoms with Crippen LogP contribution in [0.2, 0.25) is 0 Å². The molecule has 0 heterocycles. The zero-order chi connectivity index (χ0) is 19.5. The van der Waals surface area contributed by atoms with E-state index in [2.05, 4.69) is 20.1 Å². The highest BCUT2D eigenvalue weighted by Crippen LogP contribution is 2.42. The summed E-state index contributed by atoms with van der Waals surface area (Å²) in [4.78, 5) is 12.3. The Morgan fingerprint density at radius 2 is 1.48 bits per heavy atom. The van der Waals surface area contributed by atoms with Crippen molar-refractivity contribution >= 4 is 5.97 Å². The summed E-state index contributed by atoms with van der Waals surface area (Å²) in [6, 6.07) is 0. The summed E-state index contributed by atoms with van der Waals surface area (Å²) in [5.74, 6) is 3.51. The number of carbonyl (C=O) groups is 1. The maximum Gasteiger partial charge on any atom is 0.308 e. The molecule has 0 aromatic rings. The van der Waals surface area contributed by atoms with Crippen LogP contribution in [-0.4, -0.2) is 19.2 Å². The number of hydrogen-bond donors (Lipinski definition) is 0. The first-order valence-electron chi connectivity index (χ1n) is 11.2. The number of unbranched alkanes of at least 4 members (excludes halogenated alkanes) is 1. The summed E-state index contributed by atoms with van der Waals surface area (Å²) >= 11 is 0. The van der Waals surface area contributed by atoms with Gasteiger partial charge in [0.25, 0.3) is 0 Å². The van der Waals surface area contributed by atoms with Crippen LogP contribution in [0.1, 0.15) is 84.0 Å². The Morgan fingerprint density at radius 1 is 0.926 bits per heavy atom. The number of ether oxygens (including phenoxy) is 2. The van der Waals surface area contributed by atoms with E-state index in [4.69, 9.17) is 9.47 Å². The molecule has 2 rings (SSSR count). The van der Waals surface area contributed by atoms with Gasteiger partial charge in [-0.1, -0.05) is 45.8 Å². The van der Waals surface area contributed by atoms with E-state index in [0.717, 1.165) is 43.4 Å². The molecular weight excluding hydrogens is 336 g/mol. The van der Waals surface area contributed by atoms with Crippen molar-refractivity contribution in [1.82, 2.24) is 0 Å². The minimum Gasteiger partial charge on any atom is -0.494 e. The minimum absolute atomic E-state index is 0.0246. The van der Waals surface area contributed by atoms with Gasteiger partial charge in [-0.05, 0) is 75.2 Å². The van der Waals surface area contributed by atoms with Crippen LogP contribution in [0, 0.1) is 23.7 Å². The molecule has 3 heteroatoms. The molecule has 0 bridgehead atoms. The lowest BCUT2D eigenvalue weighted by Gasteiger charge is -2.37. The Kier molecular flexibility index (Phi) is 10.0. The zero-order valence-electron chi connectivity index (χ0n) is 17.4. The predicted octanol–water partition coefficient (Wildman–Crippen LogP) is 6.44. The summed E-state index contributed by atoms with van der Waals surface area (Å²) in [7, 11) is 0. The third-order valence-corrected chi connectivity index (χ3v) is 6.66. The number of rotatable bonds is 11. The molecule has 27 heavy (non-hydrogen) atoms. The molecule has 0 aromatic heterocycles. The molecular formula is C24H40O3. The van der Waals surface area contributed by atoms with Crippen LogP contribution in [0.3, 0.4) is 0 Å². The second kappa shape index (κ2) is 12.3. The van der Waals surface area contributed by atoms with Crippen LogP contribution in [0.25, 0.3) is 0 Å². The lowest BCUT2D eigenvalue weighted by atomic mass is 9.69. The molecule has 2 saturated carbocycles. The Hall–Kier alpha value is -1.25. The van der Waals surface area contributed by atoms with E-state index in [1.54, 1.807) is 6.08 Å². The van der Waals surface area contributed by atoms with Crippen molar-refractivity contribution in [2.24, 2.45) is 23.7 Å². The second-order valence-electron chi connectivity index (χ2n) is 8.57. The fourth-order valence-electron chi connectivity index (χ4n) is 4.94. The minimum atomic E-state index is 0.0246. The van der Waals surface area contributed by atoms with Crippen molar-refractivity contribution in [1.29, 1.82) is 0 Å². The smallest absolute Gasteiger partial charge is 0.308 e. The first-order chi connectivity index (χ1) is 13.1. The van der Waals surface area contributed by atoms with Gasteiger partial charge in [0.2, 0.25) is 0 Å². The van der Waals surface area contributed by atoms with Crippen molar-refractivity contribution in [2.45, 2.75) is 84.0 Å². The standard InChI is InChI=1S/C24H40O3/c1-4-8-20-9-11-21(12-10-20)22-13-15-23(16-14-22)24(25)27-18-7-6-17-26-19(3)5-2/h5,20-23H,2-4,6-18H2,1H3. The molecule has 0 aliphatic heterocycles. The van der Waals surface area contributed by atoms with Gasteiger partial charge >= 0.3 is 5.97 Å². The largest absolute Gasteiger partial charge is 0.494 e. The Labute approximate surface area is 166 Å².